The van der Waals surface area contributed by atoms with Crippen molar-refractivity contribution in [1.82, 2.24) is 19.6 Å². The number of hydrogen-bond donors (Lipinski definition) is 2. The molecule has 12 nitrogen and oxygen atoms in total. The number of esters is 2. The van der Waals surface area contributed by atoms with Crippen LogP contribution in [-0.4, -0.2) is 56.5 Å². The van der Waals surface area contributed by atoms with Gasteiger partial charge in [-0.1, -0.05) is 42.5 Å². The number of carbonyl (C=O) groups excluding carboxylic acids is 4. The van der Waals surface area contributed by atoms with E-state index in [1.54, 1.807) is 68.4 Å². The molecule has 2 heterocycles. The number of para-hydroxylation sites is 2. The molecule has 0 unspecified atom stereocenters. The maximum Gasteiger partial charge on any atom is 0.343 e. The molecule has 12 heteroatoms. The van der Waals surface area contributed by atoms with Gasteiger partial charge in [0.2, 0.25) is 0 Å². The average Bonchev–Trinajstić information content (AvgIpc) is 3.66. The molecule has 0 saturated carbocycles. The first-order valence-electron chi connectivity index (χ1n) is 13.7. The van der Waals surface area contributed by atoms with Crippen LogP contribution in [-0.2, 0) is 9.47 Å². The van der Waals surface area contributed by atoms with Gasteiger partial charge in [-0.05, 0) is 56.3 Å². The summed E-state index contributed by atoms with van der Waals surface area (Å²) in [4.78, 5) is 52.2. The van der Waals surface area contributed by atoms with Crippen molar-refractivity contribution in [2.75, 3.05) is 23.8 Å². The normalized spacial score (nSPS) is 10.6. The molecule has 0 radical (unpaired) electrons. The zero-order valence-electron chi connectivity index (χ0n) is 23.9. The van der Waals surface area contributed by atoms with Crippen molar-refractivity contribution in [3.05, 3.63) is 120 Å². The van der Waals surface area contributed by atoms with E-state index in [9.17, 15) is 19.2 Å². The number of ether oxygens (including phenoxy) is 2. The molecule has 0 aliphatic carbocycles. The van der Waals surface area contributed by atoms with Crippen LogP contribution in [0.1, 0.15) is 55.3 Å². The number of aromatic nitrogens is 4. The molecule has 0 atom stereocenters. The van der Waals surface area contributed by atoms with E-state index in [1.165, 1.54) is 40.0 Å². The molecule has 0 fully saturated rings. The molecular weight excluding hydrogens is 564 g/mol. The lowest BCUT2D eigenvalue weighted by atomic mass is 10.1. The highest BCUT2D eigenvalue weighted by Gasteiger charge is 2.24. The van der Waals surface area contributed by atoms with Crippen molar-refractivity contribution in [2.24, 2.45) is 0 Å². The summed E-state index contributed by atoms with van der Waals surface area (Å²) in [5.74, 6) is -2.26. The van der Waals surface area contributed by atoms with Crippen molar-refractivity contribution in [3.8, 4) is 11.4 Å². The maximum atomic E-state index is 13.5. The molecule has 0 aliphatic heterocycles. The molecule has 0 bridgehead atoms. The van der Waals surface area contributed by atoms with Crippen LogP contribution in [0.5, 0.6) is 0 Å². The Morgan fingerprint density at radius 3 is 1.41 bits per heavy atom. The van der Waals surface area contributed by atoms with E-state index >= 15 is 0 Å². The van der Waals surface area contributed by atoms with Crippen molar-refractivity contribution in [2.45, 2.75) is 13.8 Å². The Hall–Kier alpha value is -6.04. The number of benzene rings is 3. The van der Waals surface area contributed by atoms with Crippen LogP contribution >= 0.6 is 0 Å². The fourth-order valence-electron chi connectivity index (χ4n) is 4.34. The molecule has 0 aliphatic rings. The summed E-state index contributed by atoms with van der Waals surface area (Å²) >= 11 is 0. The van der Waals surface area contributed by atoms with E-state index in [1.807, 2.05) is 12.1 Å². The van der Waals surface area contributed by atoms with Crippen molar-refractivity contribution in [3.63, 3.8) is 0 Å². The Labute approximate surface area is 252 Å². The van der Waals surface area contributed by atoms with Gasteiger partial charge in [-0.15, -0.1) is 0 Å². The van der Waals surface area contributed by atoms with Gasteiger partial charge in [0.05, 0.1) is 37.0 Å². The number of nitrogens with one attached hydrogen (secondary N) is 2. The van der Waals surface area contributed by atoms with E-state index in [-0.39, 0.29) is 47.1 Å². The zero-order valence-corrected chi connectivity index (χ0v) is 23.9. The Kier molecular flexibility index (Phi) is 8.90. The smallest absolute Gasteiger partial charge is 0.343 e. The topological polar surface area (TPSA) is 146 Å². The number of amides is 2. The lowest BCUT2D eigenvalue weighted by Gasteiger charge is -2.13. The summed E-state index contributed by atoms with van der Waals surface area (Å²) in [5, 5.41) is 14.1. The van der Waals surface area contributed by atoms with Crippen LogP contribution < -0.4 is 10.6 Å². The van der Waals surface area contributed by atoms with Gasteiger partial charge < -0.3 is 20.1 Å². The van der Waals surface area contributed by atoms with Crippen LogP contribution in [0.15, 0.2) is 97.3 Å². The van der Waals surface area contributed by atoms with Crippen LogP contribution in [0, 0.1) is 0 Å². The SMILES string of the molecule is CCOC(=O)c1cnn(-c2ccccc2)c1NC(=O)c1cccc(C(=O)Nc2c(C(=O)OCC)cnn2-c2ccccc2)c1. The lowest BCUT2D eigenvalue weighted by Crippen LogP contribution is -2.20. The second-order valence-electron chi connectivity index (χ2n) is 9.24. The molecule has 5 rings (SSSR count). The maximum absolute atomic E-state index is 13.5. The molecular formula is C32H28N6O6. The van der Waals surface area contributed by atoms with Gasteiger partial charge in [-0.2, -0.15) is 10.2 Å². The van der Waals surface area contributed by atoms with Crippen molar-refractivity contribution in [1.29, 1.82) is 0 Å². The van der Waals surface area contributed by atoms with Gasteiger partial charge in [0.25, 0.3) is 11.8 Å². The van der Waals surface area contributed by atoms with Crippen LogP contribution in [0.25, 0.3) is 11.4 Å². The molecule has 44 heavy (non-hydrogen) atoms. The Morgan fingerprint density at radius 1 is 0.614 bits per heavy atom. The van der Waals surface area contributed by atoms with Crippen molar-refractivity contribution < 1.29 is 28.7 Å². The average molecular weight is 593 g/mol. The predicted octanol–water partition coefficient (Wildman–Crippen LogP) is 4.92. The van der Waals surface area contributed by atoms with Gasteiger partial charge >= 0.3 is 11.9 Å². The first kappa shape index (κ1) is 29.5. The molecule has 2 N–H and O–H groups in total. The third-order valence-electron chi connectivity index (χ3n) is 6.38. The minimum absolute atomic E-state index is 0.0682. The summed E-state index contributed by atoms with van der Waals surface area (Å²) in [5.41, 5.74) is 1.63. The highest BCUT2D eigenvalue weighted by molar-refractivity contribution is 6.11. The third-order valence-corrected chi connectivity index (χ3v) is 6.38. The fraction of sp³-hybridized carbons (Fsp3) is 0.125. The predicted molar refractivity (Wildman–Crippen MR) is 161 cm³/mol. The zero-order chi connectivity index (χ0) is 31.1. The molecule has 2 amide bonds. The van der Waals surface area contributed by atoms with Crippen LogP contribution in [0.3, 0.4) is 0 Å². The second kappa shape index (κ2) is 13.3. The standard InChI is InChI=1S/C32H28N6O6/c1-3-43-31(41)25-19-33-37(23-14-7-5-8-15-23)27(25)35-29(39)21-12-11-13-22(18-21)30(40)36-28-26(32(42)44-4-2)20-34-38(28)24-16-9-6-10-17-24/h5-20H,3-4H2,1-2H3,(H,35,39)(H,36,40). The van der Waals surface area contributed by atoms with Gasteiger partial charge in [0.15, 0.2) is 11.6 Å². The molecule has 222 valence electrons. The van der Waals surface area contributed by atoms with Gasteiger partial charge in [0, 0.05) is 11.1 Å². The van der Waals surface area contributed by atoms with Gasteiger partial charge in [-0.25, -0.2) is 19.0 Å². The third kappa shape index (κ3) is 6.23. The molecule has 0 saturated heterocycles. The Bertz CT molecular complexity index is 1680. The molecule has 3 aromatic carbocycles. The molecule has 2 aromatic heterocycles. The van der Waals surface area contributed by atoms with E-state index in [0.29, 0.717) is 11.4 Å². The number of carbonyl (C=O) groups is 4. The highest BCUT2D eigenvalue weighted by atomic mass is 16.5. The number of hydrogen-bond acceptors (Lipinski definition) is 8. The summed E-state index contributed by atoms with van der Waals surface area (Å²) in [7, 11) is 0. The summed E-state index contributed by atoms with van der Waals surface area (Å²) < 4.78 is 13.1. The minimum Gasteiger partial charge on any atom is -0.462 e. The number of nitrogens with zero attached hydrogens (tertiary/aromatic N) is 4. The van der Waals surface area contributed by atoms with E-state index in [2.05, 4.69) is 20.8 Å². The number of rotatable bonds is 10. The summed E-state index contributed by atoms with van der Waals surface area (Å²) in [6.45, 7) is 3.63. The van der Waals surface area contributed by atoms with Gasteiger partial charge in [-0.3, -0.25) is 9.59 Å². The van der Waals surface area contributed by atoms with E-state index < -0.39 is 23.8 Å². The quantitative estimate of drug-likeness (QED) is 0.217. The fourth-order valence-corrected chi connectivity index (χ4v) is 4.34. The first-order valence-corrected chi connectivity index (χ1v) is 13.7. The van der Waals surface area contributed by atoms with Gasteiger partial charge in [0.1, 0.15) is 11.1 Å². The summed E-state index contributed by atoms with van der Waals surface area (Å²) in [6.07, 6.45) is 2.64. The lowest BCUT2D eigenvalue weighted by molar-refractivity contribution is 0.0517. The van der Waals surface area contributed by atoms with Crippen LogP contribution in [0.2, 0.25) is 0 Å². The Balaban J connectivity index is 1.44. The van der Waals surface area contributed by atoms with E-state index in [0.717, 1.165) is 0 Å². The second-order valence-corrected chi connectivity index (χ2v) is 9.24. The van der Waals surface area contributed by atoms with E-state index in [4.69, 9.17) is 9.47 Å². The minimum atomic E-state index is -0.648. The Morgan fingerprint density at radius 2 is 1.02 bits per heavy atom. The first-order chi connectivity index (χ1) is 21.4. The van der Waals surface area contributed by atoms with Crippen molar-refractivity contribution >= 4 is 35.4 Å². The monoisotopic (exact) mass is 592 g/mol. The molecule has 5 aromatic rings. The summed E-state index contributed by atoms with van der Waals surface area (Å²) in [6, 6.07) is 23.9. The van der Waals surface area contributed by atoms with Crippen LogP contribution in [0.4, 0.5) is 11.6 Å². The molecule has 0 spiro atoms. The number of anilines is 2. The highest BCUT2D eigenvalue weighted by Crippen LogP contribution is 2.24. The largest absolute Gasteiger partial charge is 0.462 e.